The Balaban J connectivity index is 1.29. The third kappa shape index (κ3) is 8.70. The lowest BCUT2D eigenvalue weighted by molar-refractivity contribution is -0.131. The normalized spacial score (nSPS) is 20.2. The number of thioether (sulfide) groups is 1. The van der Waals surface area contributed by atoms with Crippen molar-refractivity contribution in [2.24, 2.45) is 5.73 Å². The van der Waals surface area contributed by atoms with Gasteiger partial charge >= 0.3 is 0 Å². The van der Waals surface area contributed by atoms with Crippen LogP contribution in [0.5, 0.6) is 0 Å². The fourth-order valence-electron chi connectivity index (χ4n) is 5.46. The molecule has 0 bridgehead atoms. The second kappa shape index (κ2) is 14.2. The molecule has 0 saturated carbocycles. The van der Waals surface area contributed by atoms with Gasteiger partial charge in [0.15, 0.2) is 0 Å². The highest BCUT2D eigenvalue weighted by Crippen LogP contribution is 2.34. The van der Waals surface area contributed by atoms with Crippen molar-refractivity contribution in [3.63, 3.8) is 0 Å². The van der Waals surface area contributed by atoms with E-state index in [2.05, 4.69) is 20.9 Å². The SMILES string of the molecule is CCN1C(=O)[C@@H](CNc2cccc(NC(=O)CCN3CCCC3)c2)S[C@H]1C(N)C(=O)NC(C)(C)Cc1ccccc1. The molecular formula is C31H44N6O3S. The first kappa shape index (κ1) is 30.9. The van der Waals surface area contributed by atoms with Crippen LogP contribution in [0.4, 0.5) is 11.4 Å². The summed E-state index contributed by atoms with van der Waals surface area (Å²) in [5.74, 6) is -0.305. The molecule has 2 aromatic carbocycles. The minimum absolute atomic E-state index is 0.00350. The molecule has 3 amide bonds. The highest BCUT2D eigenvalue weighted by Gasteiger charge is 2.44. The highest BCUT2D eigenvalue weighted by atomic mass is 32.2. The summed E-state index contributed by atoms with van der Waals surface area (Å²) in [7, 11) is 0. The largest absolute Gasteiger partial charge is 0.383 e. The molecule has 3 atom stereocenters. The Kier molecular flexibility index (Phi) is 10.7. The second-order valence-corrected chi connectivity index (χ2v) is 12.8. The number of rotatable bonds is 13. The number of carbonyl (C=O) groups excluding carboxylic acids is 3. The Labute approximate surface area is 248 Å². The third-order valence-corrected chi connectivity index (χ3v) is 9.09. The van der Waals surface area contributed by atoms with Crippen molar-refractivity contribution in [1.29, 1.82) is 0 Å². The van der Waals surface area contributed by atoms with E-state index in [1.807, 2.05) is 75.4 Å². The average molecular weight is 581 g/mol. The van der Waals surface area contributed by atoms with Gasteiger partial charge in [0.25, 0.3) is 0 Å². The van der Waals surface area contributed by atoms with Crippen LogP contribution in [0, 0.1) is 0 Å². The molecule has 2 heterocycles. The maximum absolute atomic E-state index is 13.2. The van der Waals surface area contributed by atoms with E-state index in [1.54, 1.807) is 4.90 Å². The fraction of sp³-hybridized carbons (Fsp3) is 0.516. The molecule has 0 radical (unpaired) electrons. The van der Waals surface area contributed by atoms with Crippen molar-refractivity contribution in [1.82, 2.24) is 15.1 Å². The molecule has 10 heteroatoms. The molecule has 0 spiro atoms. The van der Waals surface area contributed by atoms with E-state index in [1.165, 1.54) is 24.6 Å². The molecule has 2 aliphatic rings. The summed E-state index contributed by atoms with van der Waals surface area (Å²) in [6.07, 6.45) is 3.56. The Morgan fingerprint density at radius 1 is 1.07 bits per heavy atom. The number of nitrogens with zero attached hydrogens (tertiary/aromatic N) is 2. The Morgan fingerprint density at radius 3 is 2.49 bits per heavy atom. The van der Waals surface area contributed by atoms with Crippen molar-refractivity contribution < 1.29 is 14.4 Å². The van der Waals surface area contributed by atoms with Gasteiger partial charge in [-0.3, -0.25) is 14.4 Å². The number of nitrogens with two attached hydrogens (primary N) is 1. The monoisotopic (exact) mass is 580 g/mol. The van der Waals surface area contributed by atoms with Gasteiger partial charge in [0.2, 0.25) is 17.7 Å². The number of nitrogens with one attached hydrogen (secondary N) is 3. The topological polar surface area (TPSA) is 120 Å². The van der Waals surface area contributed by atoms with Crippen LogP contribution >= 0.6 is 11.8 Å². The number of likely N-dealkylation sites (N-methyl/N-ethyl adjacent to an activating group) is 1. The standard InChI is InChI=1S/C31H44N6O3S/c1-4-37-29(40)25(41-30(37)27(32)28(39)35-31(2,3)20-22-11-6-5-7-12-22)21-33-23-13-10-14-24(19-23)34-26(38)15-18-36-16-8-9-17-36/h5-7,10-14,19,25,27,30,33H,4,8-9,15-18,20-21,32H2,1-3H3,(H,34,38)(H,35,39)/t25-,27?,30+/m1/s1. The van der Waals surface area contributed by atoms with Crippen LogP contribution in [0.3, 0.4) is 0 Å². The van der Waals surface area contributed by atoms with Crippen LogP contribution < -0.4 is 21.7 Å². The van der Waals surface area contributed by atoms with Crippen LogP contribution in [-0.2, 0) is 20.8 Å². The number of carbonyl (C=O) groups is 3. The Hall–Kier alpha value is -3.08. The lowest BCUT2D eigenvalue weighted by Crippen LogP contribution is -2.57. The van der Waals surface area contributed by atoms with E-state index in [0.717, 1.165) is 36.6 Å². The zero-order valence-electron chi connectivity index (χ0n) is 24.4. The van der Waals surface area contributed by atoms with E-state index in [0.29, 0.717) is 25.9 Å². The third-order valence-electron chi connectivity index (χ3n) is 7.56. The Morgan fingerprint density at radius 2 is 1.78 bits per heavy atom. The molecule has 5 N–H and O–H groups in total. The number of hydrogen-bond donors (Lipinski definition) is 4. The summed E-state index contributed by atoms with van der Waals surface area (Å²) in [6, 6.07) is 16.7. The second-order valence-electron chi connectivity index (χ2n) is 11.5. The maximum Gasteiger partial charge on any atom is 0.240 e. The summed E-state index contributed by atoms with van der Waals surface area (Å²) in [5, 5.41) is 8.58. The molecule has 9 nitrogen and oxygen atoms in total. The first-order valence-electron chi connectivity index (χ1n) is 14.6. The van der Waals surface area contributed by atoms with Crippen LogP contribution in [0.25, 0.3) is 0 Å². The highest BCUT2D eigenvalue weighted by molar-refractivity contribution is 8.01. The number of likely N-dealkylation sites (tertiary alicyclic amines) is 1. The summed E-state index contributed by atoms with van der Waals surface area (Å²) in [6.45, 7) is 9.64. The molecule has 222 valence electrons. The number of amides is 3. The van der Waals surface area contributed by atoms with Gasteiger partial charge in [0, 0.05) is 43.0 Å². The molecular weight excluding hydrogens is 536 g/mol. The molecule has 41 heavy (non-hydrogen) atoms. The number of benzene rings is 2. The van der Waals surface area contributed by atoms with Crippen LogP contribution in [-0.4, -0.2) is 82.4 Å². The van der Waals surface area contributed by atoms with Crippen molar-refractivity contribution in [2.45, 2.75) is 68.7 Å². The first-order valence-corrected chi connectivity index (χ1v) is 15.5. The van der Waals surface area contributed by atoms with Gasteiger partial charge in [-0.15, -0.1) is 11.8 Å². The molecule has 1 unspecified atom stereocenters. The molecule has 0 aromatic heterocycles. The van der Waals surface area contributed by atoms with Crippen LogP contribution in [0.15, 0.2) is 54.6 Å². The minimum Gasteiger partial charge on any atom is -0.383 e. The average Bonchev–Trinajstić information content (AvgIpc) is 3.58. The smallest absolute Gasteiger partial charge is 0.240 e. The van der Waals surface area contributed by atoms with Gasteiger partial charge in [0.1, 0.15) is 16.7 Å². The van der Waals surface area contributed by atoms with E-state index in [9.17, 15) is 14.4 Å². The molecule has 2 saturated heterocycles. The number of hydrogen-bond acceptors (Lipinski definition) is 7. The van der Waals surface area contributed by atoms with Gasteiger partial charge in [-0.1, -0.05) is 36.4 Å². The molecule has 4 rings (SSSR count). The maximum atomic E-state index is 13.2. The molecule has 2 aromatic rings. The first-order chi connectivity index (χ1) is 19.6. The van der Waals surface area contributed by atoms with E-state index >= 15 is 0 Å². The van der Waals surface area contributed by atoms with Crippen molar-refractivity contribution in [3.05, 3.63) is 60.2 Å². The van der Waals surface area contributed by atoms with Gasteiger partial charge < -0.3 is 31.5 Å². The van der Waals surface area contributed by atoms with Crippen molar-refractivity contribution >= 4 is 40.9 Å². The van der Waals surface area contributed by atoms with Gasteiger partial charge in [0.05, 0.1) is 0 Å². The van der Waals surface area contributed by atoms with Crippen LogP contribution in [0.2, 0.25) is 0 Å². The molecule has 2 aliphatic heterocycles. The van der Waals surface area contributed by atoms with E-state index in [4.69, 9.17) is 5.73 Å². The van der Waals surface area contributed by atoms with Crippen molar-refractivity contribution in [2.75, 3.05) is 43.4 Å². The van der Waals surface area contributed by atoms with Gasteiger partial charge in [-0.25, -0.2) is 0 Å². The van der Waals surface area contributed by atoms with E-state index < -0.39 is 17.0 Å². The Bertz CT molecular complexity index is 1190. The fourth-order valence-corrected chi connectivity index (χ4v) is 6.92. The molecule has 2 fully saturated rings. The van der Waals surface area contributed by atoms with E-state index in [-0.39, 0.29) is 23.0 Å². The lowest BCUT2D eigenvalue weighted by Gasteiger charge is -2.31. The lowest BCUT2D eigenvalue weighted by atomic mass is 9.94. The summed E-state index contributed by atoms with van der Waals surface area (Å²) < 4.78 is 0. The van der Waals surface area contributed by atoms with Crippen molar-refractivity contribution in [3.8, 4) is 0 Å². The predicted molar refractivity (Wildman–Crippen MR) is 167 cm³/mol. The summed E-state index contributed by atoms with van der Waals surface area (Å²) >= 11 is 1.42. The van der Waals surface area contributed by atoms with Gasteiger partial charge in [-0.2, -0.15) is 0 Å². The summed E-state index contributed by atoms with van der Waals surface area (Å²) in [4.78, 5) is 42.9. The zero-order chi connectivity index (χ0) is 29.4. The zero-order valence-corrected chi connectivity index (χ0v) is 25.2. The minimum atomic E-state index is -0.858. The quantitative estimate of drug-likeness (QED) is 0.287. The molecule has 0 aliphatic carbocycles. The predicted octanol–water partition coefficient (Wildman–Crippen LogP) is 3.28. The number of anilines is 2. The van der Waals surface area contributed by atoms with Crippen LogP contribution in [0.1, 0.15) is 45.6 Å². The summed E-state index contributed by atoms with van der Waals surface area (Å²) in [5.41, 5.74) is 8.63. The van der Waals surface area contributed by atoms with Gasteiger partial charge in [-0.05, 0) is 76.9 Å².